The molecule has 1 heterocycles. The van der Waals surface area contributed by atoms with Gasteiger partial charge in [0.15, 0.2) is 0 Å². The van der Waals surface area contributed by atoms with Crippen LogP contribution in [-0.4, -0.2) is 25.1 Å². The fourth-order valence-electron chi connectivity index (χ4n) is 2.74. The van der Waals surface area contributed by atoms with Crippen LogP contribution < -0.4 is 10.2 Å². The second-order valence-corrected chi connectivity index (χ2v) is 6.16. The summed E-state index contributed by atoms with van der Waals surface area (Å²) in [6.07, 6.45) is 4.56. The van der Waals surface area contributed by atoms with Gasteiger partial charge in [0, 0.05) is 37.6 Å². The molecule has 110 valence electrons. The number of aromatic nitrogens is 1. The van der Waals surface area contributed by atoms with Crippen molar-refractivity contribution in [3.63, 3.8) is 0 Å². The first-order valence-corrected chi connectivity index (χ1v) is 7.57. The molecule has 0 amide bonds. The summed E-state index contributed by atoms with van der Waals surface area (Å²) in [6.45, 7) is 4.31. The van der Waals surface area contributed by atoms with Crippen LogP contribution in [0.1, 0.15) is 24.0 Å². The Hall–Kier alpha value is -2.03. The van der Waals surface area contributed by atoms with E-state index in [1.165, 1.54) is 40.8 Å². The van der Waals surface area contributed by atoms with Crippen molar-refractivity contribution >= 4 is 11.5 Å². The van der Waals surface area contributed by atoms with Crippen LogP contribution in [0.2, 0.25) is 0 Å². The molecule has 1 aromatic carbocycles. The van der Waals surface area contributed by atoms with Crippen molar-refractivity contribution in [2.24, 2.45) is 0 Å². The third kappa shape index (κ3) is 2.87. The van der Waals surface area contributed by atoms with Gasteiger partial charge in [0.2, 0.25) is 0 Å². The van der Waals surface area contributed by atoms with E-state index >= 15 is 0 Å². The molecule has 3 heteroatoms. The zero-order chi connectivity index (χ0) is 15.0. The Balaban J connectivity index is 1.98. The van der Waals surface area contributed by atoms with Gasteiger partial charge in [0.1, 0.15) is 5.82 Å². The molecule has 2 aromatic rings. The van der Waals surface area contributed by atoms with E-state index in [-0.39, 0.29) is 0 Å². The molecular formula is C18H23N3. The monoisotopic (exact) mass is 281 g/mol. The average Bonchev–Trinajstić information content (AvgIpc) is 3.24. The van der Waals surface area contributed by atoms with Gasteiger partial charge in [-0.15, -0.1) is 0 Å². The summed E-state index contributed by atoms with van der Waals surface area (Å²) in [5, 5.41) is 3.61. The highest BCUT2D eigenvalue weighted by Gasteiger charge is 2.21. The summed E-state index contributed by atoms with van der Waals surface area (Å²) in [6, 6.07) is 9.38. The lowest BCUT2D eigenvalue weighted by Gasteiger charge is -2.17. The van der Waals surface area contributed by atoms with E-state index in [4.69, 9.17) is 0 Å². The number of rotatable bonds is 4. The summed E-state index contributed by atoms with van der Waals surface area (Å²) in [5.41, 5.74) is 6.22. The predicted octanol–water partition coefficient (Wildman–Crippen LogP) is 4.01. The van der Waals surface area contributed by atoms with Crippen molar-refractivity contribution in [3.8, 4) is 11.1 Å². The van der Waals surface area contributed by atoms with Crippen LogP contribution in [0.15, 0.2) is 30.5 Å². The summed E-state index contributed by atoms with van der Waals surface area (Å²) in [5.74, 6) is 1.03. The zero-order valence-corrected chi connectivity index (χ0v) is 13.3. The largest absolute Gasteiger partial charge is 0.382 e. The lowest BCUT2D eigenvalue weighted by molar-refractivity contribution is 1.05. The lowest BCUT2D eigenvalue weighted by atomic mass is 9.99. The van der Waals surface area contributed by atoms with Gasteiger partial charge < -0.3 is 10.2 Å². The standard InChI is InChI=1S/C18H23N3/c1-12-10-14(11-19-18(12)21(3)4)16-6-5-7-17(13(16)2)20-15-8-9-15/h5-7,10-11,15,20H,8-9H2,1-4H3. The summed E-state index contributed by atoms with van der Waals surface area (Å²) >= 11 is 0. The molecule has 3 nitrogen and oxygen atoms in total. The van der Waals surface area contributed by atoms with Gasteiger partial charge >= 0.3 is 0 Å². The Morgan fingerprint density at radius 3 is 2.57 bits per heavy atom. The first-order valence-electron chi connectivity index (χ1n) is 7.57. The molecule has 0 unspecified atom stereocenters. The Morgan fingerprint density at radius 2 is 1.95 bits per heavy atom. The number of hydrogen-bond acceptors (Lipinski definition) is 3. The van der Waals surface area contributed by atoms with Crippen LogP contribution in [0, 0.1) is 13.8 Å². The fourth-order valence-corrected chi connectivity index (χ4v) is 2.74. The minimum Gasteiger partial charge on any atom is -0.382 e. The molecule has 3 rings (SSSR count). The van der Waals surface area contributed by atoms with Gasteiger partial charge in [0.25, 0.3) is 0 Å². The van der Waals surface area contributed by atoms with Crippen LogP contribution in [0.4, 0.5) is 11.5 Å². The third-order valence-corrected chi connectivity index (χ3v) is 4.06. The molecular weight excluding hydrogens is 258 g/mol. The van der Waals surface area contributed by atoms with Gasteiger partial charge in [-0.2, -0.15) is 0 Å². The molecule has 0 bridgehead atoms. The first-order chi connectivity index (χ1) is 10.1. The van der Waals surface area contributed by atoms with E-state index in [1.807, 2.05) is 20.3 Å². The first kappa shape index (κ1) is 13.9. The Labute approximate surface area is 127 Å². The van der Waals surface area contributed by atoms with Gasteiger partial charge in [-0.05, 0) is 55.5 Å². The van der Waals surface area contributed by atoms with Crippen LogP contribution in [0.25, 0.3) is 11.1 Å². The zero-order valence-electron chi connectivity index (χ0n) is 13.3. The molecule has 0 spiro atoms. The van der Waals surface area contributed by atoms with Crippen LogP contribution >= 0.6 is 0 Å². The molecule has 21 heavy (non-hydrogen) atoms. The molecule has 0 saturated heterocycles. The van der Waals surface area contributed by atoms with Crippen molar-refractivity contribution < 1.29 is 0 Å². The van der Waals surface area contributed by atoms with Crippen molar-refractivity contribution in [2.75, 3.05) is 24.3 Å². The number of nitrogens with zero attached hydrogens (tertiary/aromatic N) is 2. The summed E-state index contributed by atoms with van der Waals surface area (Å²) < 4.78 is 0. The van der Waals surface area contributed by atoms with Gasteiger partial charge in [-0.1, -0.05) is 12.1 Å². The molecule has 1 aromatic heterocycles. The SMILES string of the molecule is Cc1cc(-c2cccc(NC3CC3)c2C)cnc1N(C)C. The number of benzene rings is 1. The van der Waals surface area contributed by atoms with Gasteiger partial charge in [-0.3, -0.25) is 0 Å². The molecule has 1 aliphatic rings. The van der Waals surface area contributed by atoms with Crippen LogP contribution in [0.3, 0.4) is 0 Å². The number of hydrogen-bond donors (Lipinski definition) is 1. The molecule has 1 fully saturated rings. The topological polar surface area (TPSA) is 28.2 Å². The highest BCUT2D eigenvalue weighted by Crippen LogP contribution is 2.33. The number of pyridine rings is 1. The fraction of sp³-hybridized carbons (Fsp3) is 0.389. The quantitative estimate of drug-likeness (QED) is 0.918. The molecule has 0 atom stereocenters. The molecule has 0 radical (unpaired) electrons. The van der Waals surface area contributed by atoms with Gasteiger partial charge in [0.05, 0.1) is 0 Å². The second kappa shape index (κ2) is 5.40. The van der Waals surface area contributed by atoms with E-state index in [1.54, 1.807) is 0 Å². The summed E-state index contributed by atoms with van der Waals surface area (Å²) in [7, 11) is 4.06. The van der Waals surface area contributed by atoms with E-state index in [9.17, 15) is 0 Å². The number of nitrogens with one attached hydrogen (secondary N) is 1. The lowest BCUT2D eigenvalue weighted by Crippen LogP contribution is -2.12. The molecule has 1 N–H and O–H groups in total. The van der Waals surface area contributed by atoms with Gasteiger partial charge in [-0.25, -0.2) is 4.98 Å². The van der Waals surface area contributed by atoms with E-state index in [0.29, 0.717) is 6.04 Å². The van der Waals surface area contributed by atoms with Crippen molar-refractivity contribution in [1.82, 2.24) is 4.98 Å². The highest BCUT2D eigenvalue weighted by atomic mass is 15.1. The smallest absolute Gasteiger partial charge is 0.130 e. The maximum absolute atomic E-state index is 4.60. The highest BCUT2D eigenvalue weighted by molar-refractivity contribution is 5.74. The molecule has 1 saturated carbocycles. The van der Waals surface area contributed by atoms with Crippen LogP contribution in [0.5, 0.6) is 0 Å². The number of anilines is 2. The number of aryl methyl sites for hydroxylation is 1. The average molecular weight is 281 g/mol. The summed E-state index contributed by atoms with van der Waals surface area (Å²) in [4.78, 5) is 6.66. The van der Waals surface area contributed by atoms with E-state index in [2.05, 4.69) is 53.3 Å². The predicted molar refractivity (Wildman–Crippen MR) is 90.1 cm³/mol. The van der Waals surface area contributed by atoms with E-state index in [0.717, 1.165) is 5.82 Å². The third-order valence-electron chi connectivity index (χ3n) is 4.06. The Bertz CT molecular complexity index is 658. The Morgan fingerprint density at radius 1 is 1.19 bits per heavy atom. The van der Waals surface area contributed by atoms with Crippen molar-refractivity contribution in [2.45, 2.75) is 32.7 Å². The molecule has 0 aliphatic heterocycles. The maximum atomic E-state index is 4.60. The van der Waals surface area contributed by atoms with Crippen LogP contribution in [-0.2, 0) is 0 Å². The molecule has 1 aliphatic carbocycles. The Kier molecular flexibility index (Phi) is 3.58. The van der Waals surface area contributed by atoms with Crippen molar-refractivity contribution in [1.29, 1.82) is 0 Å². The van der Waals surface area contributed by atoms with E-state index < -0.39 is 0 Å². The minimum absolute atomic E-state index is 0.676. The maximum Gasteiger partial charge on any atom is 0.130 e. The normalized spacial score (nSPS) is 14.1. The minimum atomic E-state index is 0.676. The van der Waals surface area contributed by atoms with Crippen molar-refractivity contribution in [3.05, 3.63) is 41.6 Å². The second-order valence-electron chi connectivity index (χ2n) is 6.16.